The first-order valence-corrected chi connectivity index (χ1v) is 6.69. The molecule has 0 amide bonds. The highest BCUT2D eigenvalue weighted by atomic mass is 16.6. The fraction of sp³-hybridized carbons (Fsp3) is 0.533. The first-order valence-electron chi connectivity index (χ1n) is 6.69. The van der Waals surface area contributed by atoms with Gasteiger partial charge in [-0.25, -0.2) is 4.79 Å². The molecule has 0 aliphatic rings. The first kappa shape index (κ1) is 15.5. The van der Waals surface area contributed by atoms with Gasteiger partial charge in [-0.1, -0.05) is 25.5 Å². The fourth-order valence-corrected chi connectivity index (χ4v) is 1.71. The average Bonchev–Trinajstić information content (AvgIpc) is 2.39. The van der Waals surface area contributed by atoms with Gasteiger partial charge in [0.2, 0.25) is 0 Å². The predicted octanol–water partition coefficient (Wildman–Crippen LogP) is 2.85. The van der Waals surface area contributed by atoms with Crippen LogP contribution in [0.2, 0.25) is 0 Å². The Morgan fingerprint density at radius 1 is 1.26 bits per heavy atom. The van der Waals surface area contributed by atoms with Crippen molar-refractivity contribution < 1.29 is 19.4 Å². The molecule has 4 nitrogen and oxygen atoms in total. The second-order valence-electron chi connectivity index (χ2n) is 4.39. The van der Waals surface area contributed by atoms with Crippen LogP contribution in [0.25, 0.3) is 0 Å². The van der Waals surface area contributed by atoms with Gasteiger partial charge in [0.1, 0.15) is 5.75 Å². The van der Waals surface area contributed by atoms with E-state index < -0.39 is 12.2 Å². The van der Waals surface area contributed by atoms with Gasteiger partial charge in [-0.05, 0) is 38.0 Å². The van der Waals surface area contributed by atoms with Crippen LogP contribution in [0.5, 0.6) is 5.75 Å². The van der Waals surface area contributed by atoms with Crippen molar-refractivity contribution in [1.29, 1.82) is 0 Å². The van der Waals surface area contributed by atoms with Crippen LogP contribution >= 0.6 is 0 Å². The van der Waals surface area contributed by atoms with Gasteiger partial charge in [0, 0.05) is 0 Å². The Kier molecular flexibility index (Phi) is 6.36. The second-order valence-corrected chi connectivity index (χ2v) is 4.39. The molecule has 0 heterocycles. The zero-order chi connectivity index (χ0) is 14.3. The van der Waals surface area contributed by atoms with Gasteiger partial charge in [0.05, 0.1) is 12.7 Å². The zero-order valence-electron chi connectivity index (χ0n) is 11.8. The van der Waals surface area contributed by atoms with Gasteiger partial charge in [-0.15, -0.1) is 0 Å². The van der Waals surface area contributed by atoms with Crippen LogP contribution in [0, 0.1) is 0 Å². The van der Waals surface area contributed by atoms with Gasteiger partial charge >= 0.3 is 5.97 Å². The smallest absolute Gasteiger partial charge is 0.347 e. The molecule has 0 saturated heterocycles. The molecule has 2 atom stereocenters. The number of aliphatic hydroxyl groups is 1. The number of rotatable bonds is 7. The molecule has 1 N–H and O–H groups in total. The summed E-state index contributed by atoms with van der Waals surface area (Å²) in [6.07, 6.45) is 0.388. The van der Waals surface area contributed by atoms with Crippen molar-refractivity contribution in [3.05, 3.63) is 29.8 Å². The number of hydrogen-bond acceptors (Lipinski definition) is 4. The number of benzene rings is 1. The summed E-state index contributed by atoms with van der Waals surface area (Å²) >= 11 is 0. The molecule has 1 rings (SSSR count). The van der Waals surface area contributed by atoms with E-state index >= 15 is 0 Å². The molecule has 0 spiro atoms. The molecular formula is C15H22O4. The van der Waals surface area contributed by atoms with Gasteiger partial charge in [-0.3, -0.25) is 0 Å². The van der Waals surface area contributed by atoms with E-state index in [1.165, 1.54) is 0 Å². The molecule has 0 saturated carbocycles. The summed E-state index contributed by atoms with van der Waals surface area (Å²) in [5.74, 6) is 0.278. The van der Waals surface area contributed by atoms with Crippen LogP contribution in [-0.4, -0.2) is 23.8 Å². The molecule has 0 fully saturated rings. The van der Waals surface area contributed by atoms with Gasteiger partial charge in [0.15, 0.2) is 6.10 Å². The van der Waals surface area contributed by atoms with Crippen molar-refractivity contribution in [2.24, 2.45) is 0 Å². The zero-order valence-corrected chi connectivity index (χ0v) is 11.8. The molecule has 106 valence electrons. The SMILES string of the molecule is CCCC(Oc1ccc(C(C)O)cc1)C(=O)OCC. The molecule has 0 aliphatic heterocycles. The Labute approximate surface area is 114 Å². The Morgan fingerprint density at radius 2 is 1.89 bits per heavy atom. The van der Waals surface area contributed by atoms with Crippen LogP contribution in [0.4, 0.5) is 0 Å². The highest BCUT2D eigenvalue weighted by molar-refractivity contribution is 5.75. The third kappa shape index (κ3) is 4.91. The number of carbonyl (C=O) groups is 1. The Balaban J connectivity index is 2.70. The number of esters is 1. The maximum Gasteiger partial charge on any atom is 0.347 e. The second kappa shape index (κ2) is 7.79. The van der Waals surface area contributed by atoms with E-state index in [0.717, 1.165) is 12.0 Å². The topological polar surface area (TPSA) is 55.8 Å². The fourth-order valence-electron chi connectivity index (χ4n) is 1.71. The number of carbonyl (C=O) groups excluding carboxylic acids is 1. The van der Waals surface area contributed by atoms with Crippen molar-refractivity contribution in [3.63, 3.8) is 0 Å². The third-order valence-corrected chi connectivity index (χ3v) is 2.74. The minimum absolute atomic E-state index is 0.330. The quantitative estimate of drug-likeness (QED) is 0.771. The van der Waals surface area contributed by atoms with E-state index in [0.29, 0.717) is 18.8 Å². The van der Waals surface area contributed by atoms with Crippen LogP contribution in [0.3, 0.4) is 0 Å². The lowest BCUT2D eigenvalue weighted by atomic mass is 10.1. The highest BCUT2D eigenvalue weighted by Crippen LogP contribution is 2.19. The lowest BCUT2D eigenvalue weighted by molar-refractivity contribution is -0.151. The van der Waals surface area contributed by atoms with E-state index in [-0.39, 0.29) is 5.97 Å². The molecule has 0 aromatic heterocycles. The molecule has 1 aromatic rings. The summed E-state index contributed by atoms with van der Waals surface area (Å²) in [5, 5.41) is 9.42. The summed E-state index contributed by atoms with van der Waals surface area (Å²) < 4.78 is 10.6. The third-order valence-electron chi connectivity index (χ3n) is 2.74. The van der Waals surface area contributed by atoms with E-state index in [1.54, 1.807) is 38.1 Å². The number of aliphatic hydroxyl groups excluding tert-OH is 1. The molecule has 0 bridgehead atoms. The molecule has 1 aromatic carbocycles. The summed E-state index contributed by atoms with van der Waals surface area (Å²) in [5.41, 5.74) is 0.815. The van der Waals surface area contributed by atoms with Crippen molar-refractivity contribution in [2.75, 3.05) is 6.61 Å². The van der Waals surface area contributed by atoms with E-state index in [9.17, 15) is 9.90 Å². The van der Waals surface area contributed by atoms with Gasteiger partial charge in [0.25, 0.3) is 0 Å². The standard InChI is InChI=1S/C15H22O4/c1-4-6-14(15(17)18-5-2)19-13-9-7-12(8-10-13)11(3)16/h7-11,14,16H,4-6H2,1-3H3. The van der Waals surface area contributed by atoms with Crippen LogP contribution in [0.1, 0.15) is 45.3 Å². The van der Waals surface area contributed by atoms with Crippen molar-refractivity contribution in [2.45, 2.75) is 45.8 Å². The summed E-state index contributed by atoms with van der Waals surface area (Å²) in [6, 6.07) is 7.08. The van der Waals surface area contributed by atoms with E-state index in [4.69, 9.17) is 9.47 Å². The molecule has 2 unspecified atom stereocenters. The van der Waals surface area contributed by atoms with E-state index in [1.807, 2.05) is 6.92 Å². The van der Waals surface area contributed by atoms with E-state index in [2.05, 4.69) is 0 Å². The maximum absolute atomic E-state index is 11.7. The Hall–Kier alpha value is -1.55. The Bertz CT molecular complexity index is 384. The minimum Gasteiger partial charge on any atom is -0.479 e. The molecular weight excluding hydrogens is 244 g/mol. The van der Waals surface area contributed by atoms with Crippen molar-refractivity contribution in [1.82, 2.24) is 0 Å². The van der Waals surface area contributed by atoms with Crippen molar-refractivity contribution >= 4 is 5.97 Å². The Morgan fingerprint density at radius 3 is 2.37 bits per heavy atom. The average molecular weight is 266 g/mol. The lowest BCUT2D eigenvalue weighted by Gasteiger charge is -2.17. The molecule has 4 heteroatoms. The monoisotopic (exact) mass is 266 g/mol. The van der Waals surface area contributed by atoms with Crippen LogP contribution in [-0.2, 0) is 9.53 Å². The molecule has 0 radical (unpaired) electrons. The maximum atomic E-state index is 11.7. The predicted molar refractivity (Wildman–Crippen MR) is 73.0 cm³/mol. The van der Waals surface area contributed by atoms with Gasteiger partial charge in [-0.2, -0.15) is 0 Å². The lowest BCUT2D eigenvalue weighted by Crippen LogP contribution is -2.29. The summed E-state index contributed by atoms with van der Waals surface area (Å²) in [7, 11) is 0. The minimum atomic E-state index is -0.567. The normalized spacial score (nSPS) is 13.7. The largest absolute Gasteiger partial charge is 0.479 e. The molecule has 0 aliphatic carbocycles. The summed E-state index contributed by atoms with van der Waals surface area (Å²) in [4.78, 5) is 11.7. The van der Waals surface area contributed by atoms with Crippen LogP contribution in [0.15, 0.2) is 24.3 Å². The van der Waals surface area contributed by atoms with Crippen LogP contribution < -0.4 is 4.74 Å². The van der Waals surface area contributed by atoms with Gasteiger partial charge < -0.3 is 14.6 Å². The number of hydrogen-bond donors (Lipinski definition) is 1. The molecule has 19 heavy (non-hydrogen) atoms. The number of ether oxygens (including phenoxy) is 2. The van der Waals surface area contributed by atoms with Crippen molar-refractivity contribution in [3.8, 4) is 5.75 Å². The highest BCUT2D eigenvalue weighted by Gasteiger charge is 2.20. The summed E-state index contributed by atoms with van der Waals surface area (Å²) in [6.45, 7) is 5.82. The first-order chi connectivity index (χ1) is 9.08.